The Morgan fingerprint density at radius 3 is 2.76 bits per heavy atom. The highest BCUT2D eigenvalue weighted by Gasteiger charge is 2.38. The van der Waals surface area contributed by atoms with E-state index < -0.39 is 28.5 Å². The third-order valence-corrected chi connectivity index (χ3v) is 3.88. The van der Waals surface area contributed by atoms with Crippen molar-refractivity contribution in [3.05, 3.63) is 40.4 Å². The third kappa shape index (κ3) is 3.91. The lowest BCUT2D eigenvalue weighted by atomic mass is 10.2. The van der Waals surface area contributed by atoms with Gasteiger partial charge in [-0.05, 0) is 12.1 Å². The SMILES string of the molecule is O=C(Nc1ccc([C@H]2CNCCO2)nc1)c1n[nH]c(C(F)(F)F)c1Cl. The molecular formula is C14H13ClF3N5O2. The quantitative estimate of drug-likeness (QED) is 0.766. The predicted molar refractivity (Wildman–Crippen MR) is 82.4 cm³/mol. The fraction of sp³-hybridized carbons (Fsp3) is 0.357. The lowest BCUT2D eigenvalue weighted by Crippen LogP contribution is -2.33. The van der Waals surface area contributed by atoms with Gasteiger partial charge in [0, 0.05) is 13.1 Å². The Morgan fingerprint density at radius 2 is 2.20 bits per heavy atom. The van der Waals surface area contributed by atoms with E-state index in [-0.39, 0.29) is 6.10 Å². The molecule has 11 heteroatoms. The minimum atomic E-state index is -4.72. The number of rotatable bonds is 3. The summed E-state index contributed by atoms with van der Waals surface area (Å²) < 4.78 is 43.5. The molecule has 2 aromatic heterocycles. The van der Waals surface area contributed by atoms with Gasteiger partial charge in [-0.15, -0.1) is 0 Å². The van der Waals surface area contributed by atoms with E-state index in [1.807, 2.05) is 0 Å². The molecule has 0 spiro atoms. The van der Waals surface area contributed by atoms with Crippen LogP contribution in [0.15, 0.2) is 18.3 Å². The molecule has 1 atom stereocenters. The van der Waals surface area contributed by atoms with Gasteiger partial charge in [0.25, 0.3) is 5.91 Å². The summed E-state index contributed by atoms with van der Waals surface area (Å²) in [6.07, 6.45) is -3.52. The van der Waals surface area contributed by atoms with Gasteiger partial charge in [0.15, 0.2) is 11.4 Å². The van der Waals surface area contributed by atoms with Crippen molar-refractivity contribution in [3.8, 4) is 0 Å². The van der Waals surface area contributed by atoms with Crippen molar-refractivity contribution < 1.29 is 22.7 Å². The second kappa shape index (κ2) is 6.98. The van der Waals surface area contributed by atoms with Crippen LogP contribution < -0.4 is 10.6 Å². The van der Waals surface area contributed by atoms with E-state index in [4.69, 9.17) is 16.3 Å². The second-order valence-electron chi connectivity index (χ2n) is 5.25. The number of alkyl halides is 3. The highest BCUT2D eigenvalue weighted by atomic mass is 35.5. The number of hydrogen-bond acceptors (Lipinski definition) is 5. The number of anilines is 1. The molecule has 7 nitrogen and oxygen atoms in total. The van der Waals surface area contributed by atoms with Crippen LogP contribution in [0.1, 0.15) is 28.0 Å². The normalized spacial score (nSPS) is 18.2. The van der Waals surface area contributed by atoms with Gasteiger partial charge >= 0.3 is 6.18 Å². The van der Waals surface area contributed by atoms with Crippen LogP contribution in [0.4, 0.5) is 18.9 Å². The number of carbonyl (C=O) groups is 1. The first-order valence-corrected chi connectivity index (χ1v) is 7.64. The number of amides is 1. The van der Waals surface area contributed by atoms with E-state index in [1.165, 1.54) is 6.20 Å². The molecular weight excluding hydrogens is 363 g/mol. The molecule has 0 radical (unpaired) electrons. The highest BCUT2D eigenvalue weighted by molar-refractivity contribution is 6.34. The minimum Gasteiger partial charge on any atom is -0.369 e. The maximum atomic E-state index is 12.7. The number of hydrogen-bond donors (Lipinski definition) is 3. The number of carbonyl (C=O) groups excluding carboxylic acids is 1. The number of H-pyrrole nitrogens is 1. The van der Waals surface area contributed by atoms with Crippen molar-refractivity contribution in [1.29, 1.82) is 0 Å². The zero-order chi connectivity index (χ0) is 18.0. The Bertz CT molecular complexity index is 757. The summed E-state index contributed by atoms with van der Waals surface area (Å²) >= 11 is 5.58. The molecule has 0 aromatic carbocycles. The van der Waals surface area contributed by atoms with Crippen molar-refractivity contribution in [1.82, 2.24) is 20.5 Å². The van der Waals surface area contributed by atoms with Crippen molar-refractivity contribution in [2.45, 2.75) is 12.3 Å². The molecule has 1 saturated heterocycles. The van der Waals surface area contributed by atoms with Gasteiger partial charge in [-0.1, -0.05) is 11.6 Å². The molecule has 25 heavy (non-hydrogen) atoms. The van der Waals surface area contributed by atoms with Crippen LogP contribution >= 0.6 is 11.6 Å². The van der Waals surface area contributed by atoms with Crippen LogP contribution in [0.5, 0.6) is 0 Å². The topological polar surface area (TPSA) is 91.9 Å². The van der Waals surface area contributed by atoms with Gasteiger partial charge in [-0.2, -0.15) is 18.3 Å². The lowest BCUT2D eigenvalue weighted by molar-refractivity contribution is -0.141. The van der Waals surface area contributed by atoms with Crippen molar-refractivity contribution >= 4 is 23.2 Å². The molecule has 3 N–H and O–H groups in total. The molecule has 0 aliphatic carbocycles. The average Bonchev–Trinajstić information content (AvgIpc) is 2.98. The summed E-state index contributed by atoms with van der Waals surface area (Å²) in [4.78, 5) is 16.2. The summed E-state index contributed by atoms with van der Waals surface area (Å²) in [6.45, 7) is 1.97. The molecule has 2 aromatic rings. The molecule has 1 amide bonds. The van der Waals surface area contributed by atoms with Crippen molar-refractivity contribution in [2.24, 2.45) is 0 Å². The first-order valence-electron chi connectivity index (χ1n) is 7.27. The zero-order valence-electron chi connectivity index (χ0n) is 12.7. The van der Waals surface area contributed by atoms with E-state index in [0.717, 1.165) is 6.54 Å². The molecule has 1 aliphatic rings. The summed E-state index contributed by atoms with van der Waals surface area (Å²) in [5, 5.41) is 9.85. The lowest BCUT2D eigenvalue weighted by Gasteiger charge is -2.23. The number of nitrogens with zero attached hydrogens (tertiary/aromatic N) is 2. The average molecular weight is 376 g/mol. The van der Waals surface area contributed by atoms with Crippen LogP contribution in [0.2, 0.25) is 5.02 Å². The van der Waals surface area contributed by atoms with E-state index in [9.17, 15) is 18.0 Å². The number of ether oxygens (including phenoxy) is 1. The minimum absolute atomic E-state index is 0.186. The van der Waals surface area contributed by atoms with Crippen molar-refractivity contribution in [2.75, 3.05) is 25.0 Å². The molecule has 3 rings (SSSR count). The fourth-order valence-electron chi connectivity index (χ4n) is 2.28. The number of aromatic amines is 1. The zero-order valence-corrected chi connectivity index (χ0v) is 13.4. The first-order chi connectivity index (χ1) is 11.9. The number of pyridine rings is 1. The highest BCUT2D eigenvalue weighted by Crippen LogP contribution is 2.34. The van der Waals surface area contributed by atoms with E-state index in [0.29, 0.717) is 24.5 Å². The van der Waals surface area contributed by atoms with Gasteiger partial charge in [-0.25, -0.2) is 0 Å². The molecule has 0 unspecified atom stereocenters. The Kier molecular flexibility index (Phi) is 4.93. The van der Waals surface area contributed by atoms with E-state index in [1.54, 1.807) is 17.2 Å². The molecule has 1 aliphatic heterocycles. The summed E-state index contributed by atoms with van der Waals surface area (Å²) in [7, 11) is 0. The van der Waals surface area contributed by atoms with Crippen LogP contribution in [0, 0.1) is 0 Å². The van der Waals surface area contributed by atoms with Gasteiger partial charge in [-0.3, -0.25) is 14.9 Å². The molecule has 3 heterocycles. The Hall–Kier alpha value is -2.17. The maximum absolute atomic E-state index is 12.7. The molecule has 134 valence electrons. The van der Waals surface area contributed by atoms with Crippen LogP contribution in [-0.2, 0) is 10.9 Å². The van der Waals surface area contributed by atoms with Gasteiger partial charge in [0.05, 0.1) is 24.2 Å². The van der Waals surface area contributed by atoms with Crippen LogP contribution in [0.3, 0.4) is 0 Å². The first kappa shape index (κ1) is 17.6. The Balaban J connectivity index is 1.70. The number of aromatic nitrogens is 3. The number of halogens is 4. The van der Waals surface area contributed by atoms with Crippen molar-refractivity contribution in [3.63, 3.8) is 0 Å². The van der Waals surface area contributed by atoms with Crippen LogP contribution in [-0.4, -0.2) is 40.8 Å². The predicted octanol–water partition coefficient (Wildman–Crippen LogP) is 2.39. The number of nitrogens with one attached hydrogen (secondary N) is 3. The largest absolute Gasteiger partial charge is 0.434 e. The standard InChI is InChI=1S/C14H13ClF3N5O2/c15-10-11(22-23-12(10)14(16,17)18)13(24)21-7-1-2-8(20-5-7)9-6-19-3-4-25-9/h1-2,5,9,19H,3-4,6H2,(H,21,24)(H,22,23)/t9-/m1/s1. The van der Waals surface area contributed by atoms with Gasteiger partial charge in [0.1, 0.15) is 11.1 Å². The molecule has 0 saturated carbocycles. The maximum Gasteiger partial charge on any atom is 0.434 e. The van der Waals surface area contributed by atoms with Crippen LogP contribution in [0.25, 0.3) is 0 Å². The van der Waals surface area contributed by atoms with Gasteiger partial charge < -0.3 is 15.4 Å². The monoisotopic (exact) mass is 375 g/mol. The smallest absolute Gasteiger partial charge is 0.369 e. The number of morpholine rings is 1. The fourth-order valence-corrected chi connectivity index (χ4v) is 2.56. The molecule has 1 fully saturated rings. The second-order valence-corrected chi connectivity index (χ2v) is 5.63. The third-order valence-electron chi connectivity index (χ3n) is 3.51. The van der Waals surface area contributed by atoms with E-state index >= 15 is 0 Å². The molecule has 0 bridgehead atoms. The summed E-state index contributed by atoms with van der Waals surface area (Å²) in [5.41, 5.74) is -0.833. The Morgan fingerprint density at radius 1 is 1.40 bits per heavy atom. The Labute approximate surface area is 144 Å². The van der Waals surface area contributed by atoms with Gasteiger partial charge in [0.2, 0.25) is 0 Å². The summed E-state index contributed by atoms with van der Waals surface area (Å²) in [6, 6.07) is 3.24. The van der Waals surface area contributed by atoms with E-state index in [2.05, 4.69) is 20.7 Å². The summed E-state index contributed by atoms with van der Waals surface area (Å²) in [5.74, 6) is -0.873.